The Balaban J connectivity index is 2.20. The fourth-order valence-corrected chi connectivity index (χ4v) is 1.88. The summed E-state index contributed by atoms with van der Waals surface area (Å²) in [4.78, 5) is 5.32. The molecule has 0 spiro atoms. The first-order valence-electron chi connectivity index (χ1n) is 5.56. The van der Waals surface area contributed by atoms with E-state index in [0.29, 0.717) is 5.69 Å². The van der Waals surface area contributed by atoms with Crippen LogP contribution in [0, 0.1) is 0 Å². The molecule has 1 aromatic rings. The Hall–Kier alpha value is -1.30. The molecule has 0 aliphatic carbocycles. The van der Waals surface area contributed by atoms with Crippen molar-refractivity contribution in [2.75, 3.05) is 31.1 Å². The van der Waals surface area contributed by atoms with E-state index in [0.717, 1.165) is 38.7 Å². The number of alkyl halides is 3. The molecule has 1 aliphatic rings. The van der Waals surface area contributed by atoms with Crippen molar-refractivity contribution in [2.45, 2.75) is 12.6 Å². The molecule has 2 rings (SSSR count). The van der Waals surface area contributed by atoms with Crippen LogP contribution in [0.5, 0.6) is 0 Å². The van der Waals surface area contributed by atoms with Gasteiger partial charge in [-0.05, 0) is 25.1 Å². The number of aromatic nitrogens is 1. The number of nitrogens with one attached hydrogen (secondary N) is 1. The Morgan fingerprint density at radius 1 is 1.24 bits per heavy atom. The van der Waals surface area contributed by atoms with Crippen LogP contribution in [-0.4, -0.2) is 31.2 Å². The third kappa shape index (κ3) is 3.09. The third-order valence-corrected chi connectivity index (χ3v) is 2.74. The van der Waals surface area contributed by atoms with Gasteiger partial charge in [0.15, 0.2) is 0 Å². The average molecular weight is 245 g/mol. The van der Waals surface area contributed by atoms with Crippen molar-refractivity contribution in [2.24, 2.45) is 0 Å². The van der Waals surface area contributed by atoms with Crippen LogP contribution < -0.4 is 10.2 Å². The molecule has 0 aromatic carbocycles. The number of hydrogen-bond acceptors (Lipinski definition) is 3. The second-order valence-electron chi connectivity index (χ2n) is 3.99. The molecule has 0 atom stereocenters. The Bertz CT molecular complexity index is 370. The van der Waals surface area contributed by atoms with E-state index < -0.39 is 11.9 Å². The fourth-order valence-electron chi connectivity index (χ4n) is 1.88. The largest absolute Gasteiger partial charge is 0.433 e. The predicted octanol–water partition coefficient (Wildman–Crippen LogP) is 1.90. The van der Waals surface area contributed by atoms with Crippen molar-refractivity contribution >= 4 is 5.69 Å². The molecule has 1 aliphatic heterocycles. The van der Waals surface area contributed by atoms with E-state index in [1.165, 1.54) is 6.20 Å². The number of rotatable bonds is 1. The molecule has 1 N–H and O–H groups in total. The van der Waals surface area contributed by atoms with Gasteiger partial charge in [-0.1, -0.05) is 0 Å². The first-order chi connectivity index (χ1) is 8.07. The minimum Gasteiger partial charge on any atom is -0.370 e. The number of anilines is 1. The Kier molecular flexibility index (Phi) is 3.51. The van der Waals surface area contributed by atoms with Crippen molar-refractivity contribution in [1.82, 2.24) is 10.3 Å². The number of pyridine rings is 1. The Morgan fingerprint density at radius 3 is 2.82 bits per heavy atom. The van der Waals surface area contributed by atoms with E-state index >= 15 is 0 Å². The fraction of sp³-hybridized carbons (Fsp3) is 0.545. The minimum absolute atomic E-state index is 0.594. The predicted molar refractivity (Wildman–Crippen MR) is 58.9 cm³/mol. The molecule has 1 saturated heterocycles. The number of nitrogens with zero attached hydrogens (tertiary/aromatic N) is 2. The smallest absolute Gasteiger partial charge is 0.370 e. The molecule has 6 heteroatoms. The van der Waals surface area contributed by atoms with Gasteiger partial charge in [0.05, 0.1) is 0 Å². The van der Waals surface area contributed by atoms with Crippen molar-refractivity contribution in [3.8, 4) is 0 Å². The van der Waals surface area contributed by atoms with E-state index in [1.807, 2.05) is 4.90 Å². The zero-order chi connectivity index (χ0) is 12.3. The van der Waals surface area contributed by atoms with Gasteiger partial charge >= 0.3 is 6.18 Å². The molecule has 0 amide bonds. The molecule has 1 fully saturated rings. The minimum atomic E-state index is -4.37. The quantitative estimate of drug-likeness (QED) is 0.819. The molecule has 0 radical (unpaired) electrons. The Morgan fingerprint density at radius 2 is 2.06 bits per heavy atom. The van der Waals surface area contributed by atoms with E-state index in [2.05, 4.69) is 10.3 Å². The summed E-state index contributed by atoms with van der Waals surface area (Å²) in [6.45, 7) is 3.20. The summed E-state index contributed by atoms with van der Waals surface area (Å²) in [6, 6.07) is 2.74. The lowest BCUT2D eigenvalue weighted by Gasteiger charge is -2.22. The molecule has 0 unspecified atom stereocenters. The topological polar surface area (TPSA) is 28.2 Å². The highest BCUT2D eigenvalue weighted by atomic mass is 19.4. The van der Waals surface area contributed by atoms with Crippen LogP contribution in [-0.2, 0) is 6.18 Å². The Labute approximate surface area is 97.6 Å². The summed E-state index contributed by atoms with van der Waals surface area (Å²) in [6.07, 6.45) is -2.22. The first-order valence-corrected chi connectivity index (χ1v) is 5.56. The zero-order valence-corrected chi connectivity index (χ0v) is 9.30. The maximum Gasteiger partial charge on any atom is 0.433 e. The van der Waals surface area contributed by atoms with Gasteiger partial charge in [-0.15, -0.1) is 0 Å². The standard InChI is InChI=1S/C11H14F3N3/c12-11(13,14)10-8-9(2-4-16-10)17-6-1-3-15-5-7-17/h2,4,8,15H,1,3,5-7H2. The highest BCUT2D eigenvalue weighted by molar-refractivity contribution is 5.47. The van der Waals surface area contributed by atoms with E-state index in [-0.39, 0.29) is 0 Å². The second kappa shape index (κ2) is 4.91. The summed E-state index contributed by atoms with van der Waals surface area (Å²) in [7, 11) is 0. The lowest BCUT2D eigenvalue weighted by atomic mass is 10.2. The SMILES string of the molecule is FC(F)(F)c1cc(N2CCCNCC2)ccn1. The van der Waals surface area contributed by atoms with Gasteiger partial charge in [0.2, 0.25) is 0 Å². The van der Waals surface area contributed by atoms with Gasteiger partial charge in [0.1, 0.15) is 5.69 Å². The van der Waals surface area contributed by atoms with Crippen LogP contribution in [0.1, 0.15) is 12.1 Å². The first kappa shape index (κ1) is 12.2. The molecular formula is C11H14F3N3. The third-order valence-electron chi connectivity index (χ3n) is 2.74. The highest BCUT2D eigenvalue weighted by Crippen LogP contribution is 2.29. The summed E-state index contributed by atoms with van der Waals surface area (Å²) in [5.41, 5.74) is -0.233. The number of hydrogen-bond donors (Lipinski definition) is 1. The highest BCUT2D eigenvalue weighted by Gasteiger charge is 2.32. The molecular weight excluding hydrogens is 231 g/mol. The van der Waals surface area contributed by atoms with Crippen molar-refractivity contribution < 1.29 is 13.2 Å². The van der Waals surface area contributed by atoms with Crippen LogP contribution in [0.4, 0.5) is 18.9 Å². The van der Waals surface area contributed by atoms with Gasteiger partial charge in [0, 0.05) is 31.5 Å². The molecule has 3 nitrogen and oxygen atoms in total. The monoisotopic (exact) mass is 245 g/mol. The normalized spacial score (nSPS) is 17.9. The van der Waals surface area contributed by atoms with Crippen LogP contribution in [0.15, 0.2) is 18.3 Å². The lowest BCUT2D eigenvalue weighted by molar-refractivity contribution is -0.141. The summed E-state index contributed by atoms with van der Waals surface area (Å²) in [5, 5.41) is 3.21. The van der Waals surface area contributed by atoms with E-state index in [1.54, 1.807) is 6.07 Å². The summed E-state index contributed by atoms with van der Waals surface area (Å²) >= 11 is 0. The molecule has 1 aromatic heterocycles. The van der Waals surface area contributed by atoms with Crippen molar-refractivity contribution in [3.05, 3.63) is 24.0 Å². The van der Waals surface area contributed by atoms with Crippen LogP contribution in [0.3, 0.4) is 0 Å². The second-order valence-corrected chi connectivity index (χ2v) is 3.99. The molecule has 17 heavy (non-hydrogen) atoms. The molecule has 0 saturated carbocycles. The average Bonchev–Trinajstić information content (AvgIpc) is 2.56. The van der Waals surface area contributed by atoms with Crippen LogP contribution in [0.25, 0.3) is 0 Å². The lowest BCUT2D eigenvalue weighted by Crippen LogP contribution is -2.28. The van der Waals surface area contributed by atoms with Crippen molar-refractivity contribution in [1.29, 1.82) is 0 Å². The van der Waals surface area contributed by atoms with Gasteiger partial charge in [-0.25, -0.2) is 0 Å². The zero-order valence-electron chi connectivity index (χ0n) is 9.30. The van der Waals surface area contributed by atoms with E-state index in [9.17, 15) is 13.2 Å². The maximum absolute atomic E-state index is 12.5. The van der Waals surface area contributed by atoms with Crippen molar-refractivity contribution in [3.63, 3.8) is 0 Å². The van der Waals surface area contributed by atoms with Gasteiger partial charge < -0.3 is 10.2 Å². The van der Waals surface area contributed by atoms with Crippen LogP contribution >= 0.6 is 0 Å². The number of halogens is 3. The van der Waals surface area contributed by atoms with Gasteiger partial charge in [-0.3, -0.25) is 4.98 Å². The summed E-state index contributed by atoms with van der Waals surface area (Å²) < 4.78 is 37.6. The molecule has 2 heterocycles. The molecule has 94 valence electrons. The van der Waals surface area contributed by atoms with Crippen LogP contribution in [0.2, 0.25) is 0 Å². The summed E-state index contributed by atoms with van der Waals surface area (Å²) in [5.74, 6) is 0. The molecule has 0 bridgehead atoms. The maximum atomic E-state index is 12.5. The van der Waals surface area contributed by atoms with Gasteiger partial charge in [0.25, 0.3) is 0 Å². The van der Waals surface area contributed by atoms with Gasteiger partial charge in [-0.2, -0.15) is 13.2 Å². The van der Waals surface area contributed by atoms with E-state index in [4.69, 9.17) is 0 Å².